The van der Waals surface area contributed by atoms with Crippen molar-refractivity contribution >= 4 is 19.3 Å². The maximum Gasteiger partial charge on any atom is 0.146 e. The van der Waals surface area contributed by atoms with Gasteiger partial charge >= 0.3 is 0 Å². The Balaban J connectivity index is 0.000000640. The van der Waals surface area contributed by atoms with E-state index in [1.54, 1.807) is 6.92 Å². The van der Waals surface area contributed by atoms with Gasteiger partial charge in [0.25, 0.3) is 0 Å². The Kier molecular flexibility index (Phi) is 3.89. The summed E-state index contributed by atoms with van der Waals surface area (Å²) in [5, 5.41) is 3.11. The summed E-state index contributed by atoms with van der Waals surface area (Å²) in [6, 6.07) is 0.176. The highest BCUT2D eigenvalue weighted by atomic mass is 32.1. The lowest BCUT2D eigenvalue weighted by atomic mass is 10.2. The molecular formula is C6H13NOS. The monoisotopic (exact) mass is 147 g/mol. The van der Waals surface area contributed by atoms with Crippen molar-refractivity contribution in [2.75, 3.05) is 6.54 Å². The lowest BCUT2D eigenvalue weighted by Crippen LogP contribution is -2.28. The maximum atomic E-state index is 10.6. The third-order valence-electron chi connectivity index (χ3n) is 1.55. The zero-order valence-corrected chi connectivity index (χ0v) is 6.61. The minimum Gasteiger partial charge on any atom is -0.307 e. The third-order valence-corrected chi connectivity index (χ3v) is 1.55. The Hall–Kier alpha value is -0.0200. The van der Waals surface area contributed by atoms with E-state index >= 15 is 0 Å². The van der Waals surface area contributed by atoms with Crippen molar-refractivity contribution in [3.8, 4) is 0 Å². The van der Waals surface area contributed by atoms with E-state index in [1.807, 2.05) is 0 Å². The van der Waals surface area contributed by atoms with Gasteiger partial charge in [-0.2, -0.15) is 13.5 Å². The average Bonchev–Trinajstić information content (AvgIpc) is 2.12. The zero-order chi connectivity index (χ0) is 5.98. The third kappa shape index (κ3) is 2.37. The topological polar surface area (TPSA) is 29.1 Å². The maximum absolute atomic E-state index is 10.6. The number of hydrogen-bond donors (Lipinski definition) is 1. The lowest BCUT2D eigenvalue weighted by Gasteiger charge is -2.01. The molecule has 1 rings (SSSR count). The number of Topliss-reactive ketones (excluding diaryl/α,β-unsaturated/α-hetero) is 1. The van der Waals surface area contributed by atoms with Crippen molar-refractivity contribution in [3.05, 3.63) is 0 Å². The van der Waals surface area contributed by atoms with E-state index in [0.717, 1.165) is 19.4 Å². The summed E-state index contributed by atoms with van der Waals surface area (Å²) in [4.78, 5) is 10.6. The molecule has 0 spiro atoms. The van der Waals surface area contributed by atoms with Crippen molar-refractivity contribution in [3.63, 3.8) is 0 Å². The molecule has 1 aliphatic rings. The van der Waals surface area contributed by atoms with Crippen molar-refractivity contribution in [1.29, 1.82) is 0 Å². The number of carbonyl (C=O) groups excluding carboxylic acids is 1. The molecule has 1 unspecified atom stereocenters. The van der Waals surface area contributed by atoms with E-state index in [1.165, 1.54) is 0 Å². The van der Waals surface area contributed by atoms with Crippen LogP contribution in [-0.4, -0.2) is 18.4 Å². The van der Waals surface area contributed by atoms with Crippen LogP contribution in [0.25, 0.3) is 0 Å². The van der Waals surface area contributed by atoms with Gasteiger partial charge in [0.05, 0.1) is 6.04 Å². The Bertz CT molecular complexity index is 99.2. The summed E-state index contributed by atoms with van der Waals surface area (Å²) in [5.41, 5.74) is 0. The summed E-state index contributed by atoms with van der Waals surface area (Å²) in [7, 11) is 0. The zero-order valence-electron chi connectivity index (χ0n) is 5.61. The first-order valence-electron chi connectivity index (χ1n) is 3.04. The van der Waals surface area contributed by atoms with Crippen LogP contribution in [0.15, 0.2) is 0 Å². The van der Waals surface area contributed by atoms with Crippen LogP contribution in [0.4, 0.5) is 0 Å². The highest BCUT2D eigenvalue weighted by Gasteiger charge is 2.17. The van der Waals surface area contributed by atoms with Gasteiger partial charge in [0.15, 0.2) is 0 Å². The molecule has 0 bridgehead atoms. The number of hydrogen-bond acceptors (Lipinski definition) is 2. The molecular weight excluding hydrogens is 134 g/mol. The van der Waals surface area contributed by atoms with Crippen LogP contribution < -0.4 is 5.32 Å². The molecule has 1 fully saturated rings. The number of ketones is 1. The second kappa shape index (κ2) is 3.90. The van der Waals surface area contributed by atoms with Gasteiger partial charge in [0, 0.05) is 0 Å². The quantitative estimate of drug-likeness (QED) is 0.583. The molecule has 0 radical (unpaired) electrons. The summed E-state index contributed by atoms with van der Waals surface area (Å²) >= 11 is 0. The Labute approximate surface area is 62.5 Å². The first-order chi connectivity index (χ1) is 3.80. The molecule has 2 nitrogen and oxygen atoms in total. The molecule has 3 heteroatoms. The van der Waals surface area contributed by atoms with Crippen LogP contribution in [0.5, 0.6) is 0 Å². The van der Waals surface area contributed by atoms with Gasteiger partial charge in [0.2, 0.25) is 0 Å². The van der Waals surface area contributed by atoms with Crippen LogP contribution in [0.2, 0.25) is 0 Å². The van der Waals surface area contributed by atoms with Gasteiger partial charge in [-0.05, 0) is 26.3 Å². The molecule has 0 amide bonds. The molecule has 1 saturated heterocycles. The van der Waals surface area contributed by atoms with E-state index in [0.29, 0.717) is 0 Å². The predicted molar refractivity (Wildman–Crippen MR) is 42.1 cm³/mol. The average molecular weight is 147 g/mol. The van der Waals surface area contributed by atoms with E-state index in [2.05, 4.69) is 5.32 Å². The van der Waals surface area contributed by atoms with E-state index in [-0.39, 0.29) is 25.3 Å². The van der Waals surface area contributed by atoms with Crippen LogP contribution in [0.1, 0.15) is 19.8 Å². The van der Waals surface area contributed by atoms with Crippen molar-refractivity contribution < 1.29 is 4.79 Å². The molecule has 0 aromatic heterocycles. The largest absolute Gasteiger partial charge is 0.307 e. The van der Waals surface area contributed by atoms with Crippen molar-refractivity contribution in [2.45, 2.75) is 25.8 Å². The smallest absolute Gasteiger partial charge is 0.146 e. The SMILES string of the molecule is CC(=O)C1CCCN1.S. The van der Waals surface area contributed by atoms with Crippen LogP contribution in [-0.2, 0) is 4.79 Å². The Morgan fingerprint density at radius 1 is 1.67 bits per heavy atom. The van der Waals surface area contributed by atoms with Gasteiger partial charge in [0.1, 0.15) is 5.78 Å². The van der Waals surface area contributed by atoms with Gasteiger partial charge in [-0.3, -0.25) is 4.79 Å². The van der Waals surface area contributed by atoms with E-state index in [9.17, 15) is 4.79 Å². The van der Waals surface area contributed by atoms with Gasteiger partial charge in [-0.1, -0.05) is 0 Å². The fraction of sp³-hybridized carbons (Fsp3) is 0.833. The molecule has 0 aromatic rings. The predicted octanol–water partition coefficient (Wildman–Crippen LogP) is 0.440. The number of nitrogens with one attached hydrogen (secondary N) is 1. The second-order valence-corrected chi connectivity index (χ2v) is 2.26. The number of carbonyl (C=O) groups is 1. The minimum atomic E-state index is 0. The molecule has 1 atom stereocenters. The molecule has 1 N–H and O–H groups in total. The molecule has 1 heterocycles. The van der Waals surface area contributed by atoms with E-state index in [4.69, 9.17) is 0 Å². The first kappa shape index (κ1) is 8.98. The van der Waals surface area contributed by atoms with Crippen LogP contribution >= 0.6 is 13.5 Å². The van der Waals surface area contributed by atoms with Gasteiger partial charge < -0.3 is 5.32 Å². The molecule has 0 saturated carbocycles. The standard InChI is InChI=1S/C6H11NO.H2S/c1-5(8)6-3-2-4-7-6;/h6-7H,2-4H2,1H3;1H2. The lowest BCUT2D eigenvalue weighted by molar-refractivity contribution is -0.118. The highest BCUT2D eigenvalue weighted by molar-refractivity contribution is 7.59. The summed E-state index contributed by atoms with van der Waals surface area (Å²) in [6.45, 7) is 2.66. The molecule has 0 aromatic carbocycles. The van der Waals surface area contributed by atoms with Crippen molar-refractivity contribution in [2.24, 2.45) is 0 Å². The molecule has 0 aliphatic carbocycles. The molecule has 1 aliphatic heterocycles. The van der Waals surface area contributed by atoms with Gasteiger partial charge in [-0.15, -0.1) is 0 Å². The molecule has 54 valence electrons. The fourth-order valence-electron chi connectivity index (χ4n) is 1.03. The molecule has 9 heavy (non-hydrogen) atoms. The summed E-state index contributed by atoms with van der Waals surface area (Å²) in [5.74, 6) is 0.280. The summed E-state index contributed by atoms with van der Waals surface area (Å²) < 4.78 is 0. The van der Waals surface area contributed by atoms with Crippen LogP contribution in [0, 0.1) is 0 Å². The second-order valence-electron chi connectivity index (χ2n) is 2.26. The van der Waals surface area contributed by atoms with Crippen LogP contribution in [0.3, 0.4) is 0 Å². The summed E-state index contributed by atoms with van der Waals surface area (Å²) in [6.07, 6.45) is 2.19. The minimum absolute atomic E-state index is 0. The van der Waals surface area contributed by atoms with Gasteiger partial charge in [-0.25, -0.2) is 0 Å². The highest BCUT2D eigenvalue weighted by Crippen LogP contribution is 2.04. The van der Waals surface area contributed by atoms with E-state index < -0.39 is 0 Å². The Morgan fingerprint density at radius 3 is 2.56 bits per heavy atom. The normalized spacial score (nSPS) is 25.2. The fourth-order valence-corrected chi connectivity index (χ4v) is 1.03. The first-order valence-corrected chi connectivity index (χ1v) is 3.04. The Morgan fingerprint density at radius 2 is 2.33 bits per heavy atom. The van der Waals surface area contributed by atoms with Crippen molar-refractivity contribution in [1.82, 2.24) is 5.32 Å². The number of rotatable bonds is 1.